The summed E-state index contributed by atoms with van der Waals surface area (Å²) in [6, 6.07) is 5.96. The molecule has 0 spiro atoms. The van der Waals surface area contributed by atoms with E-state index in [2.05, 4.69) is 4.98 Å². The fourth-order valence-corrected chi connectivity index (χ4v) is 2.02. The Hall–Kier alpha value is -2.70. The molecule has 0 amide bonds. The first-order valence-corrected chi connectivity index (χ1v) is 5.97. The SMILES string of the molecule is Cc1cc(=O)n(Cc2cccc([N+](=O)[O-])c2N)c(C)n1. The highest BCUT2D eigenvalue weighted by atomic mass is 16.6. The predicted octanol–water partition coefficient (Wildman–Crippen LogP) is 1.40. The van der Waals surface area contributed by atoms with Gasteiger partial charge in [0.1, 0.15) is 11.5 Å². The summed E-state index contributed by atoms with van der Waals surface area (Å²) >= 11 is 0. The van der Waals surface area contributed by atoms with Crippen molar-refractivity contribution >= 4 is 11.4 Å². The van der Waals surface area contributed by atoms with Crippen molar-refractivity contribution in [1.82, 2.24) is 9.55 Å². The lowest BCUT2D eigenvalue weighted by Gasteiger charge is -2.11. The van der Waals surface area contributed by atoms with Gasteiger partial charge < -0.3 is 5.73 Å². The van der Waals surface area contributed by atoms with E-state index in [0.717, 1.165) is 0 Å². The first-order valence-electron chi connectivity index (χ1n) is 5.97. The number of nitrogen functional groups attached to an aromatic ring is 1. The van der Waals surface area contributed by atoms with E-state index in [0.29, 0.717) is 17.1 Å². The third-order valence-electron chi connectivity index (χ3n) is 3.03. The summed E-state index contributed by atoms with van der Waals surface area (Å²) in [5.74, 6) is 0.543. The smallest absolute Gasteiger partial charge is 0.292 e. The number of rotatable bonds is 3. The Kier molecular flexibility index (Phi) is 3.51. The van der Waals surface area contributed by atoms with Crippen LogP contribution in [0.1, 0.15) is 17.1 Å². The standard InChI is InChI=1S/C13H14N4O3/c1-8-6-12(18)16(9(2)15-8)7-10-4-3-5-11(13(10)14)17(19)20/h3-6H,7,14H2,1-2H3. The van der Waals surface area contributed by atoms with Crippen LogP contribution in [0.25, 0.3) is 0 Å². The molecule has 2 aromatic rings. The Labute approximate surface area is 114 Å². The summed E-state index contributed by atoms with van der Waals surface area (Å²) in [7, 11) is 0. The second kappa shape index (κ2) is 5.12. The van der Waals surface area contributed by atoms with Crippen molar-refractivity contribution in [2.24, 2.45) is 0 Å². The second-order valence-corrected chi connectivity index (χ2v) is 4.48. The van der Waals surface area contributed by atoms with Gasteiger partial charge >= 0.3 is 0 Å². The Balaban J connectivity index is 2.49. The van der Waals surface area contributed by atoms with Gasteiger partial charge in [0.05, 0.1) is 11.5 Å². The number of aryl methyl sites for hydroxylation is 2. The lowest BCUT2D eigenvalue weighted by molar-refractivity contribution is -0.383. The van der Waals surface area contributed by atoms with Crippen molar-refractivity contribution < 1.29 is 4.92 Å². The quantitative estimate of drug-likeness (QED) is 0.517. The van der Waals surface area contributed by atoms with Crippen LogP contribution in [-0.4, -0.2) is 14.5 Å². The summed E-state index contributed by atoms with van der Waals surface area (Å²) in [4.78, 5) is 26.5. The minimum Gasteiger partial charge on any atom is -0.393 e. The summed E-state index contributed by atoms with van der Waals surface area (Å²) < 4.78 is 1.43. The van der Waals surface area contributed by atoms with Crippen LogP contribution < -0.4 is 11.3 Å². The molecule has 2 N–H and O–H groups in total. The first kappa shape index (κ1) is 13.7. The highest BCUT2D eigenvalue weighted by Gasteiger charge is 2.15. The van der Waals surface area contributed by atoms with Crippen LogP contribution in [0.3, 0.4) is 0 Å². The molecule has 7 heteroatoms. The number of para-hydroxylation sites is 1. The summed E-state index contributed by atoms with van der Waals surface area (Å²) in [6.45, 7) is 3.61. The molecule has 0 fully saturated rings. The fourth-order valence-electron chi connectivity index (χ4n) is 2.02. The average molecular weight is 274 g/mol. The third kappa shape index (κ3) is 2.51. The maximum atomic E-state index is 11.9. The number of nitro groups is 1. The van der Waals surface area contributed by atoms with Crippen LogP contribution in [0.4, 0.5) is 11.4 Å². The topological polar surface area (TPSA) is 104 Å². The number of nitrogens with two attached hydrogens (primary N) is 1. The fraction of sp³-hybridized carbons (Fsp3) is 0.231. The van der Waals surface area contributed by atoms with Gasteiger partial charge in [-0.3, -0.25) is 19.5 Å². The van der Waals surface area contributed by atoms with Gasteiger partial charge in [0.25, 0.3) is 11.2 Å². The molecule has 0 radical (unpaired) electrons. The maximum Gasteiger partial charge on any atom is 0.292 e. The van der Waals surface area contributed by atoms with Gasteiger partial charge in [0.15, 0.2) is 0 Å². The van der Waals surface area contributed by atoms with Gasteiger partial charge in [-0.1, -0.05) is 12.1 Å². The van der Waals surface area contributed by atoms with E-state index in [9.17, 15) is 14.9 Å². The zero-order valence-corrected chi connectivity index (χ0v) is 11.2. The molecule has 0 unspecified atom stereocenters. The number of nitro benzene ring substituents is 1. The molecule has 0 bridgehead atoms. The molecule has 1 aromatic carbocycles. The molecule has 0 aliphatic heterocycles. The first-order chi connectivity index (χ1) is 9.40. The Morgan fingerprint density at radius 2 is 2.10 bits per heavy atom. The van der Waals surface area contributed by atoms with Crippen LogP contribution in [0.2, 0.25) is 0 Å². The summed E-state index contributed by atoms with van der Waals surface area (Å²) in [6.07, 6.45) is 0. The van der Waals surface area contributed by atoms with Crippen LogP contribution in [0.5, 0.6) is 0 Å². The molecule has 1 aromatic heterocycles. The van der Waals surface area contributed by atoms with Crippen molar-refractivity contribution in [3.63, 3.8) is 0 Å². The zero-order chi connectivity index (χ0) is 14.9. The van der Waals surface area contributed by atoms with Gasteiger partial charge in [0, 0.05) is 23.4 Å². The number of aromatic nitrogens is 2. The maximum absolute atomic E-state index is 11.9. The van der Waals surface area contributed by atoms with Crippen LogP contribution in [-0.2, 0) is 6.54 Å². The summed E-state index contributed by atoms with van der Waals surface area (Å²) in [5.41, 5.74) is 6.65. The number of nitrogens with zero attached hydrogens (tertiary/aromatic N) is 3. The van der Waals surface area contributed by atoms with Crippen molar-refractivity contribution in [1.29, 1.82) is 0 Å². The highest BCUT2D eigenvalue weighted by Crippen LogP contribution is 2.25. The second-order valence-electron chi connectivity index (χ2n) is 4.48. The van der Waals surface area contributed by atoms with Crippen LogP contribution in [0.15, 0.2) is 29.1 Å². The van der Waals surface area contributed by atoms with Crippen molar-refractivity contribution in [3.8, 4) is 0 Å². The molecule has 2 rings (SSSR count). The number of benzene rings is 1. The van der Waals surface area contributed by atoms with Crippen molar-refractivity contribution in [2.45, 2.75) is 20.4 Å². The van der Waals surface area contributed by atoms with Crippen LogP contribution >= 0.6 is 0 Å². The highest BCUT2D eigenvalue weighted by molar-refractivity contribution is 5.63. The van der Waals surface area contributed by atoms with E-state index in [1.54, 1.807) is 26.0 Å². The molecule has 104 valence electrons. The molecular formula is C13H14N4O3. The zero-order valence-electron chi connectivity index (χ0n) is 11.2. The van der Waals surface area contributed by atoms with E-state index in [1.165, 1.54) is 16.7 Å². The van der Waals surface area contributed by atoms with E-state index in [1.807, 2.05) is 0 Å². The number of anilines is 1. The molecule has 1 heterocycles. The lowest BCUT2D eigenvalue weighted by Crippen LogP contribution is -2.24. The van der Waals surface area contributed by atoms with Crippen LogP contribution in [0, 0.1) is 24.0 Å². The normalized spacial score (nSPS) is 10.5. The van der Waals surface area contributed by atoms with E-state index >= 15 is 0 Å². The molecule has 0 saturated carbocycles. The Morgan fingerprint density at radius 1 is 1.40 bits per heavy atom. The van der Waals surface area contributed by atoms with Gasteiger partial charge in [-0.15, -0.1) is 0 Å². The van der Waals surface area contributed by atoms with Crippen molar-refractivity contribution in [3.05, 3.63) is 61.8 Å². The Bertz CT molecular complexity index is 737. The Morgan fingerprint density at radius 3 is 2.70 bits per heavy atom. The third-order valence-corrected chi connectivity index (χ3v) is 3.03. The largest absolute Gasteiger partial charge is 0.393 e. The average Bonchev–Trinajstić information content (AvgIpc) is 2.35. The molecule has 20 heavy (non-hydrogen) atoms. The minimum absolute atomic E-state index is 0.0735. The predicted molar refractivity (Wildman–Crippen MR) is 74.6 cm³/mol. The molecular weight excluding hydrogens is 260 g/mol. The molecule has 0 aliphatic carbocycles. The number of hydrogen-bond acceptors (Lipinski definition) is 5. The van der Waals surface area contributed by atoms with E-state index in [4.69, 9.17) is 5.73 Å². The molecule has 0 atom stereocenters. The number of hydrogen-bond donors (Lipinski definition) is 1. The molecule has 7 nitrogen and oxygen atoms in total. The van der Waals surface area contributed by atoms with Gasteiger partial charge in [-0.2, -0.15) is 0 Å². The van der Waals surface area contributed by atoms with Gasteiger partial charge in [0.2, 0.25) is 0 Å². The van der Waals surface area contributed by atoms with E-state index in [-0.39, 0.29) is 23.5 Å². The summed E-state index contributed by atoms with van der Waals surface area (Å²) in [5, 5.41) is 10.8. The van der Waals surface area contributed by atoms with E-state index < -0.39 is 4.92 Å². The van der Waals surface area contributed by atoms with Gasteiger partial charge in [-0.25, -0.2) is 4.98 Å². The lowest BCUT2D eigenvalue weighted by atomic mass is 10.1. The minimum atomic E-state index is -0.540. The molecule has 0 aliphatic rings. The monoisotopic (exact) mass is 274 g/mol. The van der Waals surface area contributed by atoms with Crippen molar-refractivity contribution in [2.75, 3.05) is 5.73 Å². The molecule has 0 saturated heterocycles. The van der Waals surface area contributed by atoms with Gasteiger partial charge in [-0.05, 0) is 13.8 Å².